The molecule has 6 nitrogen and oxygen atoms in total. The summed E-state index contributed by atoms with van der Waals surface area (Å²) in [5.74, 6) is 0.816. The van der Waals surface area contributed by atoms with E-state index < -0.39 is 0 Å². The van der Waals surface area contributed by atoms with Crippen molar-refractivity contribution in [3.05, 3.63) is 41.9 Å². The van der Waals surface area contributed by atoms with E-state index in [1.807, 2.05) is 6.07 Å². The van der Waals surface area contributed by atoms with Crippen molar-refractivity contribution in [1.82, 2.24) is 15.3 Å². The zero-order valence-corrected chi connectivity index (χ0v) is 16.3. The van der Waals surface area contributed by atoms with E-state index in [2.05, 4.69) is 72.3 Å². The molecule has 1 heterocycles. The highest BCUT2D eigenvalue weighted by Crippen LogP contribution is 2.25. The number of nitrogens with one attached hydrogen (secondary N) is 2. The number of carbonyl (C=O) groups excluding carboxylic acids is 1. The molecule has 1 amide bonds. The van der Waals surface area contributed by atoms with E-state index >= 15 is 0 Å². The van der Waals surface area contributed by atoms with Gasteiger partial charge in [-0.2, -0.15) is 0 Å². The minimum atomic E-state index is -0.183. The predicted molar refractivity (Wildman–Crippen MR) is 107 cm³/mol. The summed E-state index contributed by atoms with van der Waals surface area (Å²) in [7, 11) is 0. The number of hydrogen-bond acceptors (Lipinski definition) is 5. The van der Waals surface area contributed by atoms with Crippen LogP contribution in [0, 0.1) is 12.8 Å². The highest BCUT2D eigenvalue weighted by atomic mass is 16.1. The summed E-state index contributed by atoms with van der Waals surface area (Å²) >= 11 is 0. The number of nitrogens with zero attached hydrogens (tertiary/aromatic N) is 3. The van der Waals surface area contributed by atoms with Gasteiger partial charge in [-0.25, -0.2) is 9.97 Å². The minimum Gasteiger partial charge on any atom is -0.372 e. The lowest BCUT2D eigenvalue weighted by Crippen LogP contribution is -2.28. The first-order chi connectivity index (χ1) is 12.4. The third-order valence-electron chi connectivity index (χ3n) is 4.17. The Bertz CT molecular complexity index is 741. The molecule has 0 spiro atoms. The predicted octanol–water partition coefficient (Wildman–Crippen LogP) is 3.76. The van der Waals surface area contributed by atoms with Crippen molar-refractivity contribution in [3.8, 4) is 0 Å². The molecule has 0 saturated carbocycles. The van der Waals surface area contributed by atoms with Crippen molar-refractivity contribution in [2.24, 2.45) is 5.92 Å². The first kappa shape index (κ1) is 19.7. The van der Waals surface area contributed by atoms with Crippen LogP contribution in [0.2, 0.25) is 0 Å². The maximum absolute atomic E-state index is 12.2. The van der Waals surface area contributed by atoms with Gasteiger partial charge < -0.3 is 15.5 Å². The fraction of sp³-hybridized carbons (Fsp3) is 0.450. The van der Waals surface area contributed by atoms with Crippen LogP contribution in [-0.4, -0.2) is 35.5 Å². The van der Waals surface area contributed by atoms with Gasteiger partial charge in [-0.3, -0.25) is 4.79 Å². The average Bonchev–Trinajstić information content (AvgIpc) is 2.63. The largest absolute Gasteiger partial charge is 0.372 e. The summed E-state index contributed by atoms with van der Waals surface area (Å²) in [5.41, 5.74) is 3.65. The highest BCUT2D eigenvalue weighted by Gasteiger charge is 2.10. The molecule has 0 radical (unpaired) electrons. The van der Waals surface area contributed by atoms with Gasteiger partial charge in [-0.1, -0.05) is 13.8 Å². The van der Waals surface area contributed by atoms with E-state index in [-0.39, 0.29) is 5.91 Å². The first-order valence-electron chi connectivity index (χ1n) is 9.17. The number of hydrogen-bond donors (Lipinski definition) is 2. The number of anilines is 3. The van der Waals surface area contributed by atoms with Gasteiger partial charge >= 0.3 is 0 Å². The summed E-state index contributed by atoms with van der Waals surface area (Å²) in [5, 5.41) is 6.16. The van der Waals surface area contributed by atoms with Crippen molar-refractivity contribution in [2.45, 2.75) is 34.6 Å². The number of benzene rings is 1. The summed E-state index contributed by atoms with van der Waals surface area (Å²) < 4.78 is 0. The molecule has 2 aromatic rings. The summed E-state index contributed by atoms with van der Waals surface area (Å²) in [4.78, 5) is 22.8. The molecule has 140 valence electrons. The second kappa shape index (κ2) is 9.17. The van der Waals surface area contributed by atoms with Crippen molar-refractivity contribution in [1.29, 1.82) is 0 Å². The van der Waals surface area contributed by atoms with Crippen LogP contribution in [0.25, 0.3) is 0 Å². The number of aryl methyl sites for hydroxylation is 1. The topological polar surface area (TPSA) is 70.2 Å². The zero-order valence-electron chi connectivity index (χ0n) is 16.3. The second-order valence-electron chi connectivity index (χ2n) is 6.69. The molecule has 0 fully saturated rings. The monoisotopic (exact) mass is 355 g/mol. The van der Waals surface area contributed by atoms with E-state index in [4.69, 9.17) is 0 Å². The molecule has 0 aliphatic carbocycles. The van der Waals surface area contributed by atoms with Crippen LogP contribution < -0.4 is 15.5 Å². The number of carbonyl (C=O) groups is 1. The molecular formula is C20H29N5O. The standard InChI is InChI=1S/C20H29N5O/c1-6-25(7-2)16-8-9-17(15(5)10-16)24-19-11-18(22-13-23-19)20(26)21-12-14(3)4/h8-11,13-14H,6-7,12H2,1-5H3,(H,21,26)(H,22,23,24). The Hall–Kier alpha value is -2.63. The molecule has 1 aromatic heterocycles. The molecule has 2 rings (SSSR count). The van der Waals surface area contributed by atoms with Crippen molar-refractivity contribution in [3.63, 3.8) is 0 Å². The SMILES string of the molecule is CCN(CC)c1ccc(Nc2cc(C(=O)NCC(C)C)ncn2)c(C)c1. The Balaban J connectivity index is 2.13. The molecular weight excluding hydrogens is 326 g/mol. The fourth-order valence-corrected chi connectivity index (χ4v) is 2.65. The van der Waals surface area contributed by atoms with Gasteiger partial charge in [0.05, 0.1) is 0 Å². The molecule has 0 saturated heterocycles. The van der Waals surface area contributed by atoms with E-state index in [9.17, 15) is 4.79 Å². The van der Waals surface area contributed by atoms with Crippen molar-refractivity contribution in [2.75, 3.05) is 29.9 Å². The maximum Gasteiger partial charge on any atom is 0.270 e. The molecule has 1 aromatic carbocycles. The molecule has 0 aliphatic rings. The Morgan fingerprint density at radius 1 is 1.15 bits per heavy atom. The molecule has 0 unspecified atom stereocenters. The molecule has 0 aliphatic heterocycles. The number of amides is 1. The van der Waals surface area contributed by atoms with Gasteiger partial charge in [0, 0.05) is 37.1 Å². The van der Waals surface area contributed by atoms with Crippen LogP contribution >= 0.6 is 0 Å². The molecule has 6 heteroatoms. The molecule has 2 N–H and O–H groups in total. The Kier molecular flexibility index (Phi) is 6.95. The van der Waals surface area contributed by atoms with Crippen molar-refractivity contribution < 1.29 is 4.79 Å². The van der Waals surface area contributed by atoms with E-state index in [1.165, 1.54) is 12.0 Å². The highest BCUT2D eigenvalue weighted by molar-refractivity contribution is 5.93. The normalized spacial score (nSPS) is 10.7. The molecule has 0 atom stereocenters. The van der Waals surface area contributed by atoms with E-state index in [1.54, 1.807) is 6.07 Å². The van der Waals surface area contributed by atoms with Gasteiger partial charge in [0.25, 0.3) is 5.91 Å². The quantitative estimate of drug-likeness (QED) is 0.754. The Morgan fingerprint density at radius 3 is 2.50 bits per heavy atom. The van der Waals surface area contributed by atoms with Crippen LogP contribution in [0.5, 0.6) is 0 Å². The van der Waals surface area contributed by atoms with Gasteiger partial charge in [-0.15, -0.1) is 0 Å². The summed E-state index contributed by atoms with van der Waals surface area (Å²) in [6.07, 6.45) is 1.41. The second-order valence-corrected chi connectivity index (χ2v) is 6.69. The number of aromatic nitrogens is 2. The lowest BCUT2D eigenvalue weighted by Gasteiger charge is -2.22. The van der Waals surface area contributed by atoms with Crippen molar-refractivity contribution >= 4 is 23.1 Å². The van der Waals surface area contributed by atoms with Crippen LogP contribution in [0.4, 0.5) is 17.2 Å². The minimum absolute atomic E-state index is 0.183. The van der Waals surface area contributed by atoms with Crippen LogP contribution in [-0.2, 0) is 0 Å². The summed E-state index contributed by atoms with van der Waals surface area (Å²) in [6.45, 7) is 13.0. The van der Waals surface area contributed by atoms with Crippen LogP contribution in [0.1, 0.15) is 43.7 Å². The van der Waals surface area contributed by atoms with Gasteiger partial charge in [0.1, 0.15) is 17.8 Å². The lowest BCUT2D eigenvalue weighted by molar-refractivity contribution is 0.0944. The molecule has 0 bridgehead atoms. The third-order valence-corrected chi connectivity index (χ3v) is 4.17. The van der Waals surface area contributed by atoms with Gasteiger partial charge in [-0.05, 0) is 50.5 Å². The third kappa shape index (κ3) is 5.18. The van der Waals surface area contributed by atoms with Crippen LogP contribution in [0.15, 0.2) is 30.6 Å². The summed E-state index contributed by atoms with van der Waals surface area (Å²) in [6, 6.07) is 7.98. The Labute approximate surface area is 156 Å². The first-order valence-corrected chi connectivity index (χ1v) is 9.17. The molecule has 26 heavy (non-hydrogen) atoms. The maximum atomic E-state index is 12.2. The lowest BCUT2D eigenvalue weighted by atomic mass is 10.1. The van der Waals surface area contributed by atoms with Crippen LogP contribution in [0.3, 0.4) is 0 Å². The van der Waals surface area contributed by atoms with E-state index in [0.29, 0.717) is 24.0 Å². The van der Waals surface area contributed by atoms with Gasteiger partial charge in [0.15, 0.2) is 0 Å². The zero-order chi connectivity index (χ0) is 19.1. The fourth-order valence-electron chi connectivity index (χ4n) is 2.65. The smallest absolute Gasteiger partial charge is 0.270 e. The van der Waals surface area contributed by atoms with E-state index in [0.717, 1.165) is 24.3 Å². The average molecular weight is 355 g/mol. The Morgan fingerprint density at radius 2 is 1.88 bits per heavy atom. The van der Waals surface area contributed by atoms with Gasteiger partial charge in [0.2, 0.25) is 0 Å². The number of rotatable bonds is 8.